The van der Waals surface area contributed by atoms with E-state index in [2.05, 4.69) is 0 Å². The Hall–Kier alpha value is -2.95. The summed E-state index contributed by atoms with van der Waals surface area (Å²) in [4.78, 5) is 27.3. The van der Waals surface area contributed by atoms with E-state index >= 15 is 0 Å². The molecule has 1 unspecified atom stereocenters. The molecule has 0 fully saturated rings. The Labute approximate surface area is 164 Å². The number of esters is 1. The molecule has 5 heteroatoms. The summed E-state index contributed by atoms with van der Waals surface area (Å²) in [5, 5.41) is 0. The highest BCUT2D eigenvalue weighted by Gasteiger charge is 2.37. The molecule has 146 valence electrons. The van der Waals surface area contributed by atoms with Gasteiger partial charge in [-0.25, -0.2) is 9.18 Å². The smallest absolute Gasteiger partial charge is 0.336 e. The maximum atomic E-state index is 13.8. The van der Waals surface area contributed by atoms with Gasteiger partial charge in [-0.1, -0.05) is 48.9 Å². The minimum Gasteiger partial charge on any atom is -0.466 e. The highest BCUT2D eigenvalue weighted by molar-refractivity contribution is 5.95. The number of benzene rings is 2. The summed E-state index contributed by atoms with van der Waals surface area (Å²) >= 11 is 0. The number of ether oxygens (including phenoxy) is 1. The summed E-state index contributed by atoms with van der Waals surface area (Å²) in [5.41, 5.74) is 3.78. The average molecular weight is 381 g/mol. The lowest BCUT2D eigenvalue weighted by Gasteiger charge is -2.35. The normalized spacial score (nSPS) is 17.1. The third-order valence-electron chi connectivity index (χ3n) is 5.08. The quantitative estimate of drug-likeness (QED) is 0.717. The van der Waals surface area contributed by atoms with Gasteiger partial charge in [-0.15, -0.1) is 0 Å². The van der Waals surface area contributed by atoms with E-state index in [1.54, 1.807) is 17.0 Å². The first kappa shape index (κ1) is 19.8. The zero-order chi connectivity index (χ0) is 20.3. The van der Waals surface area contributed by atoms with Gasteiger partial charge in [0.15, 0.2) is 0 Å². The molecule has 28 heavy (non-hydrogen) atoms. The standard InChI is InChI=1S/C23H24FNO3/c1-4-20-22(23(27)28-3)19(17-9-6-10-18(24)12-17)13-21(26)25(20)14-16-8-5-7-15(2)11-16/h5-12,19H,4,13-14H2,1-3H3. The van der Waals surface area contributed by atoms with Crippen molar-refractivity contribution < 1.29 is 18.7 Å². The van der Waals surface area contributed by atoms with Gasteiger partial charge >= 0.3 is 5.97 Å². The lowest BCUT2D eigenvalue weighted by molar-refractivity contribution is -0.138. The van der Waals surface area contributed by atoms with Crippen LogP contribution in [0, 0.1) is 12.7 Å². The van der Waals surface area contributed by atoms with Crippen molar-refractivity contribution in [2.24, 2.45) is 0 Å². The van der Waals surface area contributed by atoms with Crippen LogP contribution in [0.2, 0.25) is 0 Å². The van der Waals surface area contributed by atoms with E-state index < -0.39 is 17.7 Å². The monoisotopic (exact) mass is 381 g/mol. The molecule has 1 atom stereocenters. The molecule has 1 amide bonds. The van der Waals surface area contributed by atoms with Crippen molar-refractivity contribution in [2.75, 3.05) is 7.11 Å². The van der Waals surface area contributed by atoms with Crippen molar-refractivity contribution in [3.63, 3.8) is 0 Å². The highest BCUT2D eigenvalue weighted by Crippen LogP contribution is 2.39. The van der Waals surface area contributed by atoms with E-state index in [0.717, 1.165) is 11.1 Å². The van der Waals surface area contributed by atoms with Gasteiger partial charge < -0.3 is 9.64 Å². The summed E-state index contributed by atoms with van der Waals surface area (Å²) in [7, 11) is 1.33. The summed E-state index contributed by atoms with van der Waals surface area (Å²) in [5.74, 6) is -1.47. The number of amides is 1. The van der Waals surface area contributed by atoms with Crippen molar-refractivity contribution in [2.45, 2.75) is 39.2 Å². The summed E-state index contributed by atoms with van der Waals surface area (Å²) in [6.07, 6.45) is 0.594. The van der Waals surface area contributed by atoms with Crippen molar-refractivity contribution in [3.8, 4) is 0 Å². The summed E-state index contributed by atoms with van der Waals surface area (Å²) in [6, 6.07) is 14.0. The molecule has 0 spiro atoms. The topological polar surface area (TPSA) is 46.6 Å². The number of carbonyl (C=O) groups excluding carboxylic acids is 2. The molecule has 0 bridgehead atoms. The second kappa shape index (κ2) is 8.38. The van der Waals surface area contributed by atoms with Crippen molar-refractivity contribution >= 4 is 11.9 Å². The number of hydrogen-bond acceptors (Lipinski definition) is 3. The van der Waals surface area contributed by atoms with E-state index in [4.69, 9.17) is 4.74 Å². The molecule has 0 aromatic heterocycles. The predicted molar refractivity (Wildman–Crippen MR) is 105 cm³/mol. The Morgan fingerprint density at radius 2 is 1.96 bits per heavy atom. The second-order valence-corrected chi connectivity index (χ2v) is 6.99. The first-order valence-electron chi connectivity index (χ1n) is 9.37. The highest BCUT2D eigenvalue weighted by atomic mass is 19.1. The number of halogens is 1. The molecule has 0 saturated heterocycles. The number of nitrogens with zero attached hydrogens (tertiary/aromatic N) is 1. The Bertz CT molecular complexity index is 935. The van der Waals surface area contributed by atoms with Gasteiger partial charge in [-0.3, -0.25) is 4.79 Å². The molecule has 4 nitrogen and oxygen atoms in total. The number of hydrogen-bond donors (Lipinski definition) is 0. The molecular weight excluding hydrogens is 357 g/mol. The molecule has 0 saturated carbocycles. The minimum atomic E-state index is -0.514. The van der Waals surface area contributed by atoms with Crippen LogP contribution in [0.3, 0.4) is 0 Å². The molecule has 2 aromatic carbocycles. The van der Waals surface area contributed by atoms with Gasteiger partial charge in [0.2, 0.25) is 5.91 Å². The molecule has 1 aliphatic heterocycles. The Kier molecular flexibility index (Phi) is 5.93. The number of allylic oxidation sites excluding steroid dienone is 1. The van der Waals surface area contributed by atoms with Gasteiger partial charge in [-0.05, 0) is 36.6 Å². The van der Waals surface area contributed by atoms with Crippen LogP contribution < -0.4 is 0 Å². The van der Waals surface area contributed by atoms with Crippen LogP contribution in [-0.4, -0.2) is 23.9 Å². The lowest BCUT2D eigenvalue weighted by atomic mass is 9.82. The Morgan fingerprint density at radius 3 is 2.61 bits per heavy atom. The molecule has 0 N–H and O–H groups in total. The van der Waals surface area contributed by atoms with Crippen LogP contribution >= 0.6 is 0 Å². The van der Waals surface area contributed by atoms with Crippen molar-refractivity contribution in [1.29, 1.82) is 0 Å². The van der Waals surface area contributed by atoms with Crippen molar-refractivity contribution in [1.82, 2.24) is 4.90 Å². The van der Waals surface area contributed by atoms with Gasteiger partial charge in [0.05, 0.1) is 19.2 Å². The van der Waals surface area contributed by atoms with E-state index in [-0.39, 0.29) is 12.3 Å². The van der Waals surface area contributed by atoms with Crippen LogP contribution in [0.15, 0.2) is 59.8 Å². The summed E-state index contributed by atoms with van der Waals surface area (Å²) < 4.78 is 18.8. The summed E-state index contributed by atoms with van der Waals surface area (Å²) in [6.45, 7) is 4.29. The Balaban J connectivity index is 2.08. The maximum Gasteiger partial charge on any atom is 0.336 e. The minimum absolute atomic E-state index is 0.0831. The fourth-order valence-corrected chi connectivity index (χ4v) is 3.82. The van der Waals surface area contributed by atoms with Crippen LogP contribution in [0.1, 0.15) is 42.4 Å². The van der Waals surface area contributed by atoms with E-state index in [1.807, 2.05) is 38.1 Å². The first-order valence-corrected chi connectivity index (χ1v) is 9.37. The number of carbonyl (C=O) groups is 2. The zero-order valence-electron chi connectivity index (χ0n) is 16.4. The van der Waals surface area contributed by atoms with Crippen LogP contribution in [0.25, 0.3) is 0 Å². The van der Waals surface area contributed by atoms with E-state index in [1.165, 1.54) is 19.2 Å². The molecular formula is C23H24FNO3. The third-order valence-corrected chi connectivity index (χ3v) is 5.08. The second-order valence-electron chi connectivity index (χ2n) is 6.99. The van der Waals surface area contributed by atoms with Gasteiger partial charge in [-0.2, -0.15) is 0 Å². The molecule has 1 aliphatic rings. The fraction of sp³-hybridized carbons (Fsp3) is 0.304. The van der Waals surface area contributed by atoms with Crippen molar-refractivity contribution in [3.05, 3.63) is 82.3 Å². The first-order chi connectivity index (χ1) is 13.4. The predicted octanol–water partition coefficient (Wildman–Crippen LogP) is 4.49. The van der Waals surface area contributed by atoms with E-state index in [0.29, 0.717) is 29.8 Å². The number of methoxy groups -OCH3 is 1. The molecule has 0 radical (unpaired) electrons. The molecule has 3 rings (SSSR count). The lowest BCUT2D eigenvalue weighted by Crippen LogP contribution is -2.38. The molecule has 2 aromatic rings. The van der Waals surface area contributed by atoms with Crippen LogP contribution in [0.4, 0.5) is 4.39 Å². The van der Waals surface area contributed by atoms with E-state index in [9.17, 15) is 14.0 Å². The third kappa shape index (κ3) is 3.98. The van der Waals surface area contributed by atoms with Gasteiger partial charge in [0.1, 0.15) is 5.82 Å². The molecule has 1 heterocycles. The Morgan fingerprint density at radius 1 is 1.21 bits per heavy atom. The van der Waals surface area contributed by atoms with Crippen LogP contribution in [-0.2, 0) is 20.9 Å². The average Bonchev–Trinajstić information content (AvgIpc) is 2.68. The van der Waals surface area contributed by atoms with Crippen LogP contribution in [0.5, 0.6) is 0 Å². The van der Waals surface area contributed by atoms with Gasteiger partial charge in [0.25, 0.3) is 0 Å². The zero-order valence-corrected chi connectivity index (χ0v) is 16.4. The SMILES string of the molecule is CCC1=C(C(=O)OC)C(c2cccc(F)c2)CC(=O)N1Cc1cccc(C)c1. The maximum absolute atomic E-state index is 13.8. The largest absolute Gasteiger partial charge is 0.466 e. The van der Waals surface area contributed by atoms with Gasteiger partial charge in [0, 0.05) is 18.0 Å². The number of rotatable bonds is 5. The molecule has 0 aliphatic carbocycles. The fourth-order valence-electron chi connectivity index (χ4n) is 3.82. The number of aryl methyl sites for hydroxylation is 1.